The number of nitrogens with one attached hydrogen (secondary N) is 2. The Labute approximate surface area is 142 Å². The van der Waals surface area contributed by atoms with Crippen LogP contribution >= 0.6 is 0 Å². The second-order valence-corrected chi connectivity index (χ2v) is 6.39. The Morgan fingerprint density at radius 2 is 2.32 bits per heavy atom. The maximum absolute atomic E-state index is 12.2. The zero-order chi connectivity index (χ0) is 18.1. The topological polar surface area (TPSA) is 142 Å². The van der Waals surface area contributed by atoms with Crippen LogP contribution in [-0.4, -0.2) is 61.1 Å². The normalized spacial score (nSPS) is 24.0. The number of aliphatic hydroxyl groups is 2. The van der Waals surface area contributed by atoms with Crippen molar-refractivity contribution in [2.24, 2.45) is 5.92 Å². The molecule has 1 aliphatic rings. The Balaban J connectivity index is 1.93. The largest absolute Gasteiger partial charge is 0.394 e. The fourth-order valence-corrected chi connectivity index (χ4v) is 2.73. The Morgan fingerprint density at radius 1 is 1.56 bits per heavy atom. The van der Waals surface area contributed by atoms with E-state index >= 15 is 0 Å². The lowest BCUT2D eigenvalue weighted by atomic mass is 10.0. The number of imidazole rings is 1. The van der Waals surface area contributed by atoms with Gasteiger partial charge in [0.25, 0.3) is 5.56 Å². The van der Waals surface area contributed by atoms with E-state index in [2.05, 4.69) is 20.3 Å². The number of carbonyl (C=O) groups excluding carboxylic acids is 1. The second-order valence-electron chi connectivity index (χ2n) is 6.39. The second kappa shape index (κ2) is 6.90. The van der Waals surface area contributed by atoms with E-state index in [1.165, 1.54) is 6.33 Å². The number of fused-ring (bicyclic) bond motifs is 1. The van der Waals surface area contributed by atoms with Gasteiger partial charge >= 0.3 is 0 Å². The zero-order valence-corrected chi connectivity index (χ0v) is 14.0. The van der Waals surface area contributed by atoms with Crippen molar-refractivity contribution in [1.82, 2.24) is 19.5 Å². The molecule has 3 rings (SSSR count). The van der Waals surface area contributed by atoms with Gasteiger partial charge in [-0.25, -0.2) is 4.98 Å². The van der Waals surface area contributed by atoms with Crippen LogP contribution < -0.4 is 10.9 Å². The summed E-state index contributed by atoms with van der Waals surface area (Å²) in [4.78, 5) is 34.8. The Hall–Kier alpha value is -2.30. The van der Waals surface area contributed by atoms with E-state index in [1.807, 2.05) is 0 Å². The number of anilines is 1. The van der Waals surface area contributed by atoms with E-state index in [4.69, 9.17) is 9.84 Å². The molecule has 1 fully saturated rings. The van der Waals surface area contributed by atoms with Crippen molar-refractivity contribution in [3.8, 4) is 0 Å². The average Bonchev–Trinajstić information content (AvgIpc) is 2.99. The summed E-state index contributed by atoms with van der Waals surface area (Å²) in [7, 11) is 0. The molecule has 1 aliphatic heterocycles. The van der Waals surface area contributed by atoms with Gasteiger partial charge in [0, 0.05) is 5.92 Å². The summed E-state index contributed by atoms with van der Waals surface area (Å²) in [5.74, 6) is -0.484. The van der Waals surface area contributed by atoms with E-state index in [0.717, 1.165) is 0 Å². The van der Waals surface area contributed by atoms with E-state index in [9.17, 15) is 14.7 Å². The molecule has 2 aromatic rings. The van der Waals surface area contributed by atoms with Gasteiger partial charge in [-0.2, -0.15) is 4.98 Å². The number of hydrogen-bond donors (Lipinski definition) is 4. The molecule has 3 unspecified atom stereocenters. The van der Waals surface area contributed by atoms with Crippen LogP contribution in [-0.2, 0) is 9.53 Å². The highest BCUT2D eigenvalue weighted by atomic mass is 16.5. The molecule has 1 amide bonds. The van der Waals surface area contributed by atoms with Crippen LogP contribution in [0.15, 0.2) is 11.1 Å². The first-order valence-corrected chi connectivity index (χ1v) is 8.09. The lowest BCUT2D eigenvalue weighted by Gasteiger charge is -2.33. The summed E-state index contributed by atoms with van der Waals surface area (Å²) in [6.45, 7) is 3.45. The first-order chi connectivity index (χ1) is 11.9. The van der Waals surface area contributed by atoms with Crippen molar-refractivity contribution in [3.05, 3.63) is 16.7 Å². The fourth-order valence-electron chi connectivity index (χ4n) is 2.73. The summed E-state index contributed by atoms with van der Waals surface area (Å²) in [5, 5.41) is 21.7. The zero-order valence-electron chi connectivity index (χ0n) is 14.0. The molecule has 10 heteroatoms. The summed E-state index contributed by atoms with van der Waals surface area (Å²) in [6.07, 6.45) is 0.339. The summed E-state index contributed by atoms with van der Waals surface area (Å²) < 4.78 is 7.09. The maximum Gasteiger partial charge on any atom is 0.280 e. The van der Waals surface area contributed by atoms with Crippen molar-refractivity contribution in [2.45, 2.75) is 38.5 Å². The van der Waals surface area contributed by atoms with Crippen LogP contribution in [0.1, 0.15) is 26.3 Å². The van der Waals surface area contributed by atoms with Gasteiger partial charge in [-0.1, -0.05) is 13.8 Å². The molecule has 0 aliphatic carbocycles. The number of amides is 1. The summed E-state index contributed by atoms with van der Waals surface area (Å²) in [5.41, 5.74) is -0.0271. The number of aliphatic hydroxyl groups excluding tert-OH is 2. The maximum atomic E-state index is 12.2. The molecule has 2 aromatic heterocycles. The first kappa shape index (κ1) is 17.5. The molecule has 4 N–H and O–H groups in total. The fraction of sp³-hybridized carbons (Fsp3) is 0.600. The van der Waals surface area contributed by atoms with Gasteiger partial charge in [-0.05, 0) is 6.42 Å². The number of aromatic amines is 1. The van der Waals surface area contributed by atoms with Crippen LogP contribution in [0.25, 0.3) is 11.2 Å². The van der Waals surface area contributed by atoms with Crippen molar-refractivity contribution in [3.63, 3.8) is 0 Å². The molecule has 25 heavy (non-hydrogen) atoms. The Morgan fingerprint density at radius 3 is 2.96 bits per heavy atom. The van der Waals surface area contributed by atoms with E-state index < -0.39 is 17.8 Å². The third kappa shape index (κ3) is 3.41. The average molecular weight is 351 g/mol. The van der Waals surface area contributed by atoms with Crippen molar-refractivity contribution in [1.29, 1.82) is 0 Å². The summed E-state index contributed by atoms with van der Waals surface area (Å²) in [6, 6.07) is -0.286. The number of H-pyrrole nitrogens is 1. The van der Waals surface area contributed by atoms with E-state index in [-0.39, 0.29) is 42.5 Å². The highest BCUT2D eigenvalue weighted by Crippen LogP contribution is 2.26. The Kier molecular flexibility index (Phi) is 4.84. The summed E-state index contributed by atoms with van der Waals surface area (Å²) >= 11 is 0. The van der Waals surface area contributed by atoms with Gasteiger partial charge in [0.05, 0.1) is 31.7 Å². The number of hydrogen-bond acceptors (Lipinski definition) is 7. The van der Waals surface area contributed by atoms with Crippen LogP contribution in [0.4, 0.5) is 5.95 Å². The molecule has 0 radical (unpaired) electrons. The predicted octanol–water partition coefficient (Wildman–Crippen LogP) is -0.603. The minimum atomic E-state index is -0.830. The highest BCUT2D eigenvalue weighted by molar-refractivity contribution is 5.91. The molecule has 3 atom stereocenters. The van der Waals surface area contributed by atoms with E-state index in [0.29, 0.717) is 12.1 Å². The van der Waals surface area contributed by atoms with Crippen LogP contribution in [0.2, 0.25) is 0 Å². The van der Waals surface area contributed by atoms with Gasteiger partial charge in [0.1, 0.15) is 6.10 Å². The number of nitrogens with zero attached hydrogens (tertiary/aromatic N) is 3. The SMILES string of the molecule is CC(C)C(=O)Nc1nc2c(ncn2C2COC(CO)C(O)C2)c(=O)[nH]1. The standard InChI is InChI=1S/C15H21N5O5/c1-7(2)13(23)18-15-17-12-11(14(24)19-15)16-6-20(12)8-3-9(22)10(4-21)25-5-8/h6-10,21-22H,3-5H2,1-2H3,(H2,17,18,19,23,24). The minimum absolute atomic E-state index is 0.0449. The lowest BCUT2D eigenvalue weighted by molar-refractivity contribution is -0.118. The molecule has 0 saturated carbocycles. The highest BCUT2D eigenvalue weighted by Gasteiger charge is 2.31. The lowest BCUT2D eigenvalue weighted by Crippen LogP contribution is -2.41. The molecule has 0 aromatic carbocycles. The van der Waals surface area contributed by atoms with Gasteiger partial charge in [-0.3, -0.25) is 19.9 Å². The van der Waals surface area contributed by atoms with E-state index in [1.54, 1.807) is 18.4 Å². The molecule has 3 heterocycles. The molecule has 1 saturated heterocycles. The monoisotopic (exact) mass is 351 g/mol. The van der Waals surface area contributed by atoms with Gasteiger partial charge in [-0.15, -0.1) is 0 Å². The Bertz CT molecular complexity index is 829. The third-order valence-corrected chi connectivity index (χ3v) is 4.22. The van der Waals surface area contributed by atoms with Crippen molar-refractivity contribution >= 4 is 23.0 Å². The first-order valence-electron chi connectivity index (χ1n) is 8.09. The predicted molar refractivity (Wildman–Crippen MR) is 88.1 cm³/mol. The number of rotatable bonds is 4. The number of carbonyl (C=O) groups is 1. The van der Waals surface area contributed by atoms with Gasteiger partial charge in [0.2, 0.25) is 11.9 Å². The molecular formula is C15H21N5O5. The molecular weight excluding hydrogens is 330 g/mol. The van der Waals surface area contributed by atoms with Gasteiger partial charge < -0.3 is 19.5 Å². The van der Waals surface area contributed by atoms with Gasteiger partial charge in [0.15, 0.2) is 11.2 Å². The molecule has 136 valence electrons. The minimum Gasteiger partial charge on any atom is -0.394 e. The number of ether oxygens (including phenoxy) is 1. The van der Waals surface area contributed by atoms with Crippen molar-refractivity contribution in [2.75, 3.05) is 18.5 Å². The quantitative estimate of drug-likeness (QED) is 0.576. The molecule has 0 bridgehead atoms. The van der Waals surface area contributed by atoms with Crippen LogP contribution in [0.3, 0.4) is 0 Å². The number of aromatic nitrogens is 4. The smallest absolute Gasteiger partial charge is 0.280 e. The van der Waals surface area contributed by atoms with Crippen LogP contribution in [0, 0.1) is 5.92 Å². The van der Waals surface area contributed by atoms with Crippen LogP contribution in [0.5, 0.6) is 0 Å². The molecule has 10 nitrogen and oxygen atoms in total. The third-order valence-electron chi connectivity index (χ3n) is 4.22. The molecule has 0 spiro atoms. The van der Waals surface area contributed by atoms with Crippen molar-refractivity contribution < 1.29 is 19.7 Å².